The smallest absolute Gasteiger partial charge is 0.412 e. The van der Waals surface area contributed by atoms with E-state index in [0.29, 0.717) is 5.56 Å². The first kappa shape index (κ1) is 15.4. The molecule has 7 heteroatoms. The Morgan fingerprint density at radius 1 is 1.32 bits per heavy atom. The predicted molar refractivity (Wildman–Crippen MR) is 69.3 cm³/mol. The van der Waals surface area contributed by atoms with E-state index in [1.807, 2.05) is 0 Å². The minimum Gasteiger partial charge on any atom is -0.444 e. The van der Waals surface area contributed by atoms with Gasteiger partial charge in [-0.3, -0.25) is 5.32 Å². The number of benzene rings is 1. The zero-order chi connectivity index (χ0) is 14.8. The normalized spacial score (nSPS) is 12.1. The van der Waals surface area contributed by atoms with Gasteiger partial charge in [-0.25, -0.2) is 4.79 Å². The Morgan fingerprint density at radius 2 is 1.89 bits per heavy atom. The molecule has 0 saturated heterocycles. The van der Waals surface area contributed by atoms with E-state index in [4.69, 9.17) is 4.74 Å². The van der Waals surface area contributed by atoms with Crippen molar-refractivity contribution in [3.63, 3.8) is 0 Å². The lowest BCUT2D eigenvalue weighted by molar-refractivity contribution is 0.0635. The van der Waals surface area contributed by atoms with Crippen LogP contribution >= 0.6 is 0 Å². The third-order valence-corrected chi connectivity index (χ3v) is 2.94. The maximum absolute atomic E-state index is 12.9. The van der Waals surface area contributed by atoms with Gasteiger partial charge in [-0.15, -0.1) is 3.89 Å². The predicted octanol–water partition coefficient (Wildman–Crippen LogP) is 3.00. The molecule has 0 aliphatic heterocycles. The molecular formula is C12H16FNO4S. The molecule has 0 atom stereocenters. The van der Waals surface area contributed by atoms with Crippen molar-refractivity contribution < 1.29 is 21.8 Å². The minimum absolute atomic E-state index is 0.188. The number of hydrogen-bond donors (Lipinski definition) is 1. The van der Waals surface area contributed by atoms with Crippen LogP contribution in [-0.4, -0.2) is 20.1 Å². The van der Waals surface area contributed by atoms with Gasteiger partial charge < -0.3 is 4.74 Å². The molecule has 0 fully saturated rings. The molecular weight excluding hydrogens is 273 g/mol. The van der Waals surface area contributed by atoms with Crippen LogP contribution in [0.15, 0.2) is 23.1 Å². The molecule has 0 aliphatic rings. The zero-order valence-corrected chi connectivity index (χ0v) is 12.0. The second kappa shape index (κ2) is 5.16. The molecule has 0 aliphatic carbocycles. The van der Waals surface area contributed by atoms with Crippen molar-refractivity contribution in [2.75, 3.05) is 5.32 Å². The van der Waals surface area contributed by atoms with Gasteiger partial charge >= 0.3 is 16.3 Å². The molecule has 0 heterocycles. The van der Waals surface area contributed by atoms with Crippen molar-refractivity contribution in [2.24, 2.45) is 0 Å². The Morgan fingerprint density at radius 3 is 2.37 bits per heavy atom. The SMILES string of the molecule is Cc1ccc(S(=O)(=O)F)cc1NC(=O)OC(C)(C)C. The summed E-state index contributed by atoms with van der Waals surface area (Å²) >= 11 is 0. The Bertz CT molecular complexity index is 590. The third kappa shape index (κ3) is 4.86. The fraction of sp³-hybridized carbons (Fsp3) is 0.417. The summed E-state index contributed by atoms with van der Waals surface area (Å²) < 4.78 is 39.5. The van der Waals surface area contributed by atoms with Crippen LogP contribution in [0, 0.1) is 6.92 Å². The highest BCUT2D eigenvalue weighted by molar-refractivity contribution is 7.86. The highest BCUT2D eigenvalue weighted by Crippen LogP contribution is 2.22. The molecule has 1 N–H and O–H groups in total. The van der Waals surface area contributed by atoms with Crippen molar-refractivity contribution in [1.29, 1.82) is 0 Å². The van der Waals surface area contributed by atoms with Gasteiger partial charge in [0.15, 0.2) is 0 Å². The standard InChI is InChI=1S/C12H16FNO4S/c1-8-5-6-9(19(13,16)17)7-10(8)14-11(15)18-12(2,3)4/h5-7H,1-4H3,(H,14,15). The van der Waals surface area contributed by atoms with Crippen molar-refractivity contribution in [3.8, 4) is 0 Å². The fourth-order valence-electron chi connectivity index (χ4n) is 1.30. The van der Waals surface area contributed by atoms with Gasteiger partial charge in [0.1, 0.15) is 10.5 Å². The van der Waals surface area contributed by atoms with E-state index in [1.165, 1.54) is 6.07 Å². The first-order valence-electron chi connectivity index (χ1n) is 5.54. The number of ether oxygens (including phenoxy) is 1. The van der Waals surface area contributed by atoms with Crippen LogP contribution in [0.25, 0.3) is 0 Å². The summed E-state index contributed by atoms with van der Waals surface area (Å²) in [6.07, 6.45) is -0.732. The van der Waals surface area contributed by atoms with Crippen molar-refractivity contribution in [3.05, 3.63) is 23.8 Å². The highest BCUT2D eigenvalue weighted by atomic mass is 32.3. The second-order valence-corrected chi connectivity index (χ2v) is 6.39. The molecule has 1 rings (SSSR count). The van der Waals surface area contributed by atoms with Gasteiger partial charge in [0, 0.05) is 5.69 Å². The van der Waals surface area contributed by atoms with Crippen LogP contribution in [0.2, 0.25) is 0 Å². The summed E-state index contributed by atoms with van der Waals surface area (Å²) in [7, 11) is -4.81. The molecule has 0 unspecified atom stereocenters. The number of amides is 1. The summed E-state index contributed by atoms with van der Waals surface area (Å²) in [5.74, 6) is 0. The number of carbonyl (C=O) groups excluding carboxylic acids is 1. The summed E-state index contributed by atoms with van der Waals surface area (Å²) in [5.41, 5.74) is 0.105. The van der Waals surface area contributed by atoms with E-state index in [1.54, 1.807) is 27.7 Å². The average molecular weight is 289 g/mol. The van der Waals surface area contributed by atoms with E-state index >= 15 is 0 Å². The van der Waals surface area contributed by atoms with Crippen LogP contribution in [-0.2, 0) is 15.0 Å². The number of anilines is 1. The first-order chi connectivity index (χ1) is 8.49. The third-order valence-electron chi connectivity index (χ3n) is 2.13. The molecule has 0 radical (unpaired) electrons. The monoisotopic (exact) mass is 289 g/mol. The van der Waals surface area contributed by atoms with Gasteiger partial charge in [-0.2, -0.15) is 8.42 Å². The molecule has 0 spiro atoms. The maximum Gasteiger partial charge on any atom is 0.412 e. The minimum atomic E-state index is -4.81. The average Bonchev–Trinajstić information content (AvgIpc) is 2.16. The molecule has 0 saturated carbocycles. The van der Waals surface area contributed by atoms with E-state index in [9.17, 15) is 17.1 Å². The fourth-order valence-corrected chi connectivity index (χ4v) is 1.79. The van der Waals surface area contributed by atoms with E-state index in [0.717, 1.165) is 12.1 Å². The number of aryl methyl sites for hydroxylation is 1. The quantitative estimate of drug-likeness (QED) is 0.849. The van der Waals surface area contributed by atoms with Gasteiger partial charge in [-0.1, -0.05) is 6.07 Å². The molecule has 1 amide bonds. The molecule has 1 aromatic carbocycles. The van der Waals surface area contributed by atoms with E-state index in [-0.39, 0.29) is 5.69 Å². The Hall–Kier alpha value is -1.63. The van der Waals surface area contributed by atoms with Crippen molar-refractivity contribution in [1.82, 2.24) is 0 Å². The lowest BCUT2D eigenvalue weighted by Crippen LogP contribution is -2.27. The molecule has 5 nitrogen and oxygen atoms in total. The van der Waals surface area contributed by atoms with Crippen LogP contribution in [0.1, 0.15) is 26.3 Å². The van der Waals surface area contributed by atoms with Crippen molar-refractivity contribution in [2.45, 2.75) is 38.2 Å². The topological polar surface area (TPSA) is 72.5 Å². The molecule has 0 aromatic heterocycles. The molecule has 0 bridgehead atoms. The maximum atomic E-state index is 12.9. The number of rotatable bonds is 2. The van der Waals surface area contributed by atoms with Crippen LogP contribution in [0.5, 0.6) is 0 Å². The molecule has 106 valence electrons. The number of hydrogen-bond acceptors (Lipinski definition) is 4. The largest absolute Gasteiger partial charge is 0.444 e. The van der Waals surface area contributed by atoms with Crippen LogP contribution in [0.3, 0.4) is 0 Å². The van der Waals surface area contributed by atoms with Gasteiger partial charge in [0.25, 0.3) is 0 Å². The van der Waals surface area contributed by atoms with Crippen LogP contribution in [0.4, 0.5) is 14.4 Å². The Balaban J connectivity index is 2.99. The van der Waals surface area contributed by atoms with Gasteiger partial charge in [0.05, 0.1) is 0 Å². The summed E-state index contributed by atoms with van der Waals surface area (Å²) in [6, 6.07) is 3.58. The first-order valence-corrected chi connectivity index (χ1v) is 6.93. The Kier molecular flexibility index (Phi) is 4.19. The lowest BCUT2D eigenvalue weighted by atomic mass is 10.2. The molecule has 19 heavy (non-hydrogen) atoms. The lowest BCUT2D eigenvalue weighted by Gasteiger charge is -2.20. The number of halogens is 1. The molecule has 1 aromatic rings. The number of carbonyl (C=O) groups is 1. The Labute approximate surface area is 112 Å². The van der Waals surface area contributed by atoms with E-state index < -0.39 is 26.8 Å². The van der Waals surface area contributed by atoms with Crippen LogP contribution < -0.4 is 5.32 Å². The highest BCUT2D eigenvalue weighted by Gasteiger charge is 2.18. The second-order valence-electron chi connectivity index (χ2n) is 5.04. The number of nitrogens with one attached hydrogen (secondary N) is 1. The van der Waals surface area contributed by atoms with Crippen molar-refractivity contribution >= 4 is 22.0 Å². The summed E-state index contributed by atoms with van der Waals surface area (Å²) in [5, 5.41) is 2.39. The summed E-state index contributed by atoms with van der Waals surface area (Å²) in [4.78, 5) is 11.1. The zero-order valence-electron chi connectivity index (χ0n) is 11.2. The van der Waals surface area contributed by atoms with Gasteiger partial charge in [0.2, 0.25) is 0 Å². The summed E-state index contributed by atoms with van der Waals surface area (Å²) in [6.45, 7) is 6.74. The van der Waals surface area contributed by atoms with Gasteiger partial charge in [-0.05, 0) is 45.4 Å². The van der Waals surface area contributed by atoms with E-state index in [2.05, 4.69) is 5.32 Å².